The lowest BCUT2D eigenvalue weighted by atomic mass is 10.2. The van der Waals surface area contributed by atoms with E-state index in [-0.39, 0.29) is 11.2 Å². The van der Waals surface area contributed by atoms with Gasteiger partial charge in [-0.15, -0.1) is 0 Å². The SMILES string of the molecule is CC(O)C(C)Oc1nc(Nc2ccc([S@](=N)(=O)C3CC3)cc2)ncc1C(F)(F)F. The fraction of sp³-hybridized carbons (Fsp3) is 0.444. The second-order valence-corrected chi connectivity index (χ2v) is 9.26. The average molecular weight is 430 g/mol. The monoisotopic (exact) mass is 430 g/mol. The van der Waals surface area contributed by atoms with Gasteiger partial charge in [0.1, 0.15) is 11.7 Å². The summed E-state index contributed by atoms with van der Waals surface area (Å²) >= 11 is 0. The Morgan fingerprint density at radius 3 is 2.41 bits per heavy atom. The van der Waals surface area contributed by atoms with Crippen LogP contribution in [0, 0.1) is 4.78 Å². The van der Waals surface area contributed by atoms with Crippen LogP contribution in [0.5, 0.6) is 5.88 Å². The minimum atomic E-state index is -4.72. The third-order valence-electron chi connectivity index (χ3n) is 4.49. The van der Waals surface area contributed by atoms with Crippen molar-refractivity contribution in [2.45, 2.75) is 55.2 Å². The molecule has 1 fully saturated rings. The molecule has 158 valence electrons. The van der Waals surface area contributed by atoms with E-state index in [1.165, 1.54) is 13.8 Å². The minimum Gasteiger partial charge on any atom is -0.471 e. The van der Waals surface area contributed by atoms with Crippen LogP contribution in [0.15, 0.2) is 35.4 Å². The van der Waals surface area contributed by atoms with Crippen LogP contribution >= 0.6 is 0 Å². The lowest BCUT2D eigenvalue weighted by molar-refractivity contribution is -0.140. The maximum absolute atomic E-state index is 13.2. The molecule has 2 aromatic rings. The van der Waals surface area contributed by atoms with E-state index in [1.54, 1.807) is 24.3 Å². The summed E-state index contributed by atoms with van der Waals surface area (Å²) in [6, 6.07) is 6.22. The van der Waals surface area contributed by atoms with Crippen LogP contribution in [0.2, 0.25) is 0 Å². The molecule has 0 radical (unpaired) electrons. The fourth-order valence-corrected chi connectivity index (χ4v) is 4.17. The van der Waals surface area contributed by atoms with Gasteiger partial charge in [-0.25, -0.2) is 14.0 Å². The quantitative estimate of drug-likeness (QED) is 0.614. The first-order valence-electron chi connectivity index (χ1n) is 8.92. The summed E-state index contributed by atoms with van der Waals surface area (Å²) in [5.74, 6) is -0.824. The Morgan fingerprint density at radius 2 is 1.90 bits per heavy atom. The topological polar surface area (TPSA) is 108 Å². The number of benzene rings is 1. The van der Waals surface area contributed by atoms with E-state index in [0.717, 1.165) is 12.8 Å². The van der Waals surface area contributed by atoms with Gasteiger partial charge in [0.15, 0.2) is 0 Å². The lowest BCUT2D eigenvalue weighted by Gasteiger charge is -2.20. The Labute approximate surface area is 166 Å². The summed E-state index contributed by atoms with van der Waals surface area (Å²) in [7, 11) is -2.83. The Morgan fingerprint density at radius 1 is 1.28 bits per heavy atom. The molecule has 1 heterocycles. The average Bonchev–Trinajstić information content (AvgIpc) is 3.47. The zero-order valence-corrected chi connectivity index (χ0v) is 16.5. The zero-order valence-electron chi connectivity index (χ0n) is 15.7. The maximum Gasteiger partial charge on any atom is 0.423 e. The molecule has 29 heavy (non-hydrogen) atoms. The highest BCUT2D eigenvalue weighted by molar-refractivity contribution is 7.93. The molecule has 1 aromatic heterocycles. The molecule has 3 N–H and O–H groups in total. The van der Waals surface area contributed by atoms with Crippen LogP contribution < -0.4 is 10.1 Å². The first kappa shape index (κ1) is 21.3. The molecule has 2 unspecified atom stereocenters. The molecule has 11 heteroatoms. The Balaban J connectivity index is 1.83. The third-order valence-corrected chi connectivity index (χ3v) is 6.87. The Kier molecular flexibility index (Phi) is 5.72. The second-order valence-electron chi connectivity index (χ2n) is 6.92. The van der Waals surface area contributed by atoms with Crippen LogP contribution in [0.25, 0.3) is 0 Å². The summed E-state index contributed by atoms with van der Waals surface area (Å²) in [4.78, 5) is 7.89. The van der Waals surface area contributed by atoms with Crippen molar-refractivity contribution in [3.05, 3.63) is 36.0 Å². The number of aliphatic hydroxyl groups is 1. The largest absolute Gasteiger partial charge is 0.471 e. The first-order chi connectivity index (χ1) is 13.5. The Hall–Kier alpha value is -2.40. The van der Waals surface area contributed by atoms with Crippen LogP contribution in [-0.2, 0) is 15.9 Å². The van der Waals surface area contributed by atoms with E-state index in [1.807, 2.05) is 0 Å². The van der Waals surface area contributed by atoms with E-state index < -0.39 is 39.6 Å². The number of hydrogen-bond donors (Lipinski definition) is 3. The van der Waals surface area contributed by atoms with Crippen LogP contribution in [-0.4, -0.2) is 36.7 Å². The predicted octanol–water partition coefficient (Wildman–Crippen LogP) is 3.96. The van der Waals surface area contributed by atoms with Gasteiger partial charge >= 0.3 is 6.18 Å². The van der Waals surface area contributed by atoms with Gasteiger partial charge in [0, 0.05) is 22.0 Å². The smallest absolute Gasteiger partial charge is 0.423 e. The molecule has 0 bridgehead atoms. The fourth-order valence-electron chi connectivity index (χ4n) is 2.45. The molecule has 3 atom stereocenters. The number of aromatic nitrogens is 2. The number of hydrogen-bond acceptors (Lipinski definition) is 7. The molecule has 1 aliphatic carbocycles. The van der Waals surface area contributed by atoms with Crippen molar-refractivity contribution in [1.82, 2.24) is 9.97 Å². The van der Waals surface area contributed by atoms with E-state index in [2.05, 4.69) is 15.3 Å². The van der Waals surface area contributed by atoms with E-state index in [0.29, 0.717) is 16.8 Å². The molecule has 1 aliphatic rings. The molecule has 0 aliphatic heterocycles. The van der Waals surface area contributed by atoms with Crippen molar-refractivity contribution in [2.75, 3.05) is 5.32 Å². The number of ether oxygens (including phenoxy) is 1. The first-order valence-corrected chi connectivity index (χ1v) is 10.5. The van der Waals surface area contributed by atoms with Crippen molar-refractivity contribution < 1.29 is 27.2 Å². The summed E-state index contributed by atoms with van der Waals surface area (Å²) in [5, 5.41) is 12.2. The number of rotatable bonds is 7. The molecule has 1 aromatic carbocycles. The van der Waals surface area contributed by atoms with Gasteiger partial charge in [0.25, 0.3) is 0 Å². The Bertz CT molecular complexity index is 975. The molecule has 0 amide bonds. The van der Waals surface area contributed by atoms with Crippen molar-refractivity contribution in [2.24, 2.45) is 0 Å². The third kappa shape index (κ3) is 4.96. The number of aliphatic hydroxyl groups excluding tert-OH is 1. The predicted molar refractivity (Wildman–Crippen MR) is 101 cm³/mol. The summed E-state index contributed by atoms with van der Waals surface area (Å²) in [6.45, 7) is 2.82. The summed E-state index contributed by atoms with van der Waals surface area (Å²) < 4.78 is 65.2. The van der Waals surface area contributed by atoms with Crippen molar-refractivity contribution in [1.29, 1.82) is 4.78 Å². The highest BCUT2D eigenvalue weighted by atomic mass is 32.2. The van der Waals surface area contributed by atoms with Gasteiger partial charge in [0.05, 0.1) is 15.8 Å². The highest BCUT2D eigenvalue weighted by Crippen LogP contribution is 2.36. The highest BCUT2D eigenvalue weighted by Gasteiger charge is 2.37. The standard InChI is InChI=1S/C18H21F3N4O3S/c1-10(26)11(2)28-16-15(18(19,20)21)9-23-17(25-16)24-12-3-5-13(6-4-12)29(22,27)14-7-8-14/h3-6,9-11,14,22,26H,7-8H2,1-2H3,(H,23,24,25)/t10?,11?,29-/m0/s1. The number of nitrogens with zero attached hydrogens (tertiary/aromatic N) is 2. The number of alkyl halides is 3. The van der Waals surface area contributed by atoms with Crippen molar-refractivity contribution in [3.8, 4) is 5.88 Å². The zero-order chi connectivity index (χ0) is 21.4. The maximum atomic E-state index is 13.2. The molecule has 7 nitrogen and oxygen atoms in total. The number of nitrogens with one attached hydrogen (secondary N) is 2. The van der Waals surface area contributed by atoms with Gasteiger partial charge < -0.3 is 15.2 Å². The number of anilines is 2. The van der Waals surface area contributed by atoms with Crippen molar-refractivity contribution in [3.63, 3.8) is 0 Å². The van der Waals surface area contributed by atoms with E-state index >= 15 is 0 Å². The molecule has 3 rings (SSSR count). The second kappa shape index (κ2) is 7.79. The van der Waals surface area contributed by atoms with E-state index in [4.69, 9.17) is 9.52 Å². The van der Waals surface area contributed by atoms with Gasteiger partial charge in [0.2, 0.25) is 11.8 Å². The minimum absolute atomic E-state index is 0.116. The van der Waals surface area contributed by atoms with Crippen LogP contribution in [0.1, 0.15) is 32.3 Å². The molecular formula is C18H21F3N4O3S. The molecule has 0 saturated heterocycles. The van der Waals surface area contributed by atoms with E-state index in [9.17, 15) is 22.5 Å². The van der Waals surface area contributed by atoms with Gasteiger partial charge in [-0.3, -0.25) is 0 Å². The lowest BCUT2D eigenvalue weighted by Crippen LogP contribution is -2.27. The van der Waals surface area contributed by atoms with Gasteiger partial charge in [-0.05, 0) is 51.0 Å². The summed E-state index contributed by atoms with van der Waals surface area (Å²) in [6.07, 6.45) is -4.47. The molecular weight excluding hydrogens is 409 g/mol. The van der Waals surface area contributed by atoms with Gasteiger partial charge in [-0.2, -0.15) is 18.2 Å². The van der Waals surface area contributed by atoms with Crippen LogP contribution in [0.4, 0.5) is 24.8 Å². The normalized spacial score (nSPS) is 18.6. The summed E-state index contributed by atoms with van der Waals surface area (Å²) in [5.41, 5.74) is -0.696. The van der Waals surface area contributed by atoms with Gasteiger partial charge in [-0.1, -0.05) is 0 Å². The molecule has 0 spiro atoms. The number of halogens is 3. The van der Waals surface area contributed by atoms with Crippen LogP contribution in [0.3, 0.4) is 0 Å². The molecule has 1 saturated carbocycles. The van der Waals surface area contributed by atoms with Crippen molar-refractivity contribution >= 4 is 21.4 Å².